The zero-order valence-corrected chi connectivity index (χ0v) is 9.02. The number of nitrogens with zero attached hydrogens (tertiary/aromatic N) is 2. The van der Waals surface area contributed by atoms with Crippen LogP contribution in [0.15, 0.2) is 9.79 Å². The largest absolute Gasteiger partial charge is 0.469 e. The van der Waals surface area contributed by atoms with Crippen LogP contribution in [-0.4, -0.2) is 34.9 Å². The Bertz CT molecular complexity index is 548. The molecule has 0 unspecified atom stereocenters. The Kier molecular flexibility index (Phi) is 2.77. The Morgan fingerprint density at radius 2 is 2.41 bits per heavy atom. The molecule has 0 radical (unpaired) electrons. The highest BCUT2D eigenvalue weighted by Gasteiger charge is 2.23. The summed E-state index contributed by atoms with van der Waals surface area (Å²) in [5.74, 6) is -0.669. The van der Waals surface area contributed by atoms with Crippen molar-refractivity contribution in [3.8, 4) is 5.88 Å². The first kappa shape index (κ1) is 11.1. The van der Waals surface area contributed by atoms with E-state index in [9.17, 15) is 9.59 Å². The highest BCUT2D eigenvalue weighted by molar-refractivity contribution is 6.38. The lowest BCUT2D eigenvalue weighted by Gasteiger charge is -2.14. The summed E-state index contributed by atoms with van der Waals surface area (Å²) in [6, 6.07) is 0. The minimum absolute atomic E-state index is 0.0132. The average molecular weight is 238 g/mol. The monoisotopic (exact) mass is 238 g/mol. The summed E-state index contributed by atoms with van der Waals surface area (Å²) in [5, 5.41) is 0. The number of anilines is 1. The summed E-state index contributed by atoms with van der Waals surface area (Å²) in [5.41, 5.74) is 4.73. The third kappa shape index (κ3) is 2.10. The molecule has 1 aromatic rings. The van der Waals surface area contributed by atoms with Gasteiger partial charge >= 0.3 is 5.97 Å². The molecule has 2 rings (SSSR count). The zero-order chi connectivity index (χ0) is 12.4. The van der Waals surface area contributed by atoms with Crippen LogP contribution in [0.25, 0.3) is 0 Å². The van der Waals surface area contributed by atoms with Crippen LogP contribution < -0.4 is 16.0 Å². The normalized spacial score (nSPS) is 13.4. The number of esters is 1. The number of rotatable bonds is 2. The number of fused-ring (bicyclic) bond motifs is 1. The molecule has 0 aromatic carbocycles. The van der Waals surface area contributed by atoms with Gasteiger partial charge in [0.05, 0.1) is 6.61 Å². The van der Waals surface area contributed by atoms with Crippen molar-refractivity contribution in [1.82, 2.24) is 9.97 Å². The van der Waals surface area contributed by atoms with Crippen LogP contribution in [-0.2, 0) is 9.53 Å². The van der Waals surface area contributed by atoms with E-state index in [0.717, 1.165) is 0 Å². The Morgan fingerprint density at radius 3 is 3.12 bits per heavy atom. The molecule has 1 aliphatic heterocycles. The van der Waals surface area contributed by atoms with E-state index in [4.69, 9.17) is 15.2 Å². The molecule has 0 fully saturated rings. The lowest BCUT2D eigenvalue weighted by Crippen LogP contribution is -2.28. The van der Waals surface area contributed by atoms with Gasteiger partial charge in [-0.25, -0.2) is 9.79 Å². The molecular formula is C9H10N4O4. The molecule has 0 saturated heterocycles. The number of nitrogens with two attached hydrogens (primary N) is 1. The van der Waals surface area contributed by atoms with Gasteiger partial charge in [-0.05, 0) is 6.92 Å². The van der Waals surface area contributed by atoms with Crippen LogP contribution in [0.3, 0.4) is 0 Å². The van der Waals surface area contributed by atoms with Gasteiger partial charge in [-0.3, -0.25) is 9.78 Å². The smallest absolute Gasteiger partial charge is 0.356 e. The summed E-state index contributed by atoms with van der Waals surface area (Å²) in [7, 11) is 0. The Hall–Kier alpha value is -2.38. The maximum absolute atomic E-state index is 11.5. The third-order valence-electron chi connectivity index (χ3n) is 1.98. The number of carbonyl (C=O) groups excluding carboxylic acids is 1. The molecule has 0 spiro atoms. The molecule has 0 amide bonds. The first-order valence-electron chi connectivity index (χ1n) is 4.89. The van der Waals surface area contributed by atoms with E-state index < -0.39 is 11.5 Å². The number of ether oxygens (including phenoxy) is 2. The van der Waals surface area contributed by atoms with E-state index >= 15 is 0 Å². The van der Waals surface area contributed by atoms with Gasteiger partial charge in [0.2, 0.25) is 11.8 Å². The standard InChI is InChI=1S/C9H10N4O4/c1-2-16-8(15)4-3-17-7-5(11-4)6(14)12-9(10)13-7/h2-3H2,1H3,(H3,10,12,13,14). The average Bonchev–Trinajstić information content (AvgIpc) is 2.28. The van der Waals surface area contributed by atoms with Crippen molar-refractivity contribution in [3.05, 3.63) is 10.4 Å². The van der Waals surface area contributed by atoms with E-state index in [2.05, 4.69) is 15.0 Å². The summed E-state index contributed by atoms with van der Waals surface area (Å²) in [6.45, 7) is 1.80. The van der Waals surface area contributed by atoms with E-state index in [-0.39, 0.29) is 36.4 Å². The molecule has 0 atom stereocenters. The molecule has 2 heterocycles. The third-order valence-corrected chi connectivity index (χ3v) is 1.98. The van der Waals surface area contributed by atoms with Gasteiger partial charge in [-0.2, -0.15) is 4.98 Å². The molecule has 90 valence electrons. The number of carbonyl (C=O) groups is 1. The molecule has 17 heavy (non-hydrogen) atoms. The van der Waals surface area contributed by atoms with E-state index in [0.29, 0.717) is 0 Å². The lowest BCUT2D eigenvalue weighted by molar-refractivity contribution is -0.135. The van der Waals surface area contributed by atoms with Gasteiger partial charge in [0.15, 0.2) is 11.4 Å². The van der Waals surface area contributed by atoms with Crippen molar-refractivity contribution < 1.29 is 14.3 Å². The second-order valence-corrected chi connectivity index (χ2v) is 3.17. The SMILES string of the molecule is CCOC(=O)C1=Nc2c(nc(N)[nH]c2=O)OC1. The summed E-state index contributed by atoms with van der Waals surface area (Å²) in [6.07, 6.45) is 0. The van der Waals surface area contributed by atoms with Crippen molar-refractivity contribution in [2.75, 3.05) is 18.9 Å². The molecule has 0 bridgehead atoms. The molecular weight excluding hydrogens is 228 g/mol. The number of nitrogens with one attached hydrogen (secondary N) is 1. The van der Waals surface area contributed by atoms with Crippen molar-refractivity contribution >= 4 is 23.3 Å². The minimum atomic E-state index is -0.616. The molecule has 1 aliphatic rings. The Morgan fingerprint density at radius 1 is 1.65 bits per heavy atom. The van der Waals surface area contributed by atoms with Crippen LogP contribution in [0.5, 0.6) is 5.88 Å². The summed E-state index contributed by atoms with van der Waals surface area (Å²) >= 11 is 0. The topological polar surface area (TPSA) is 120 Å². The highest BCUT2D eigenvalue weighted by atomic mass is 16.5. The maximum atomic E-state index is 11.5. The lowest BCUT2D eigenvalue weighted by atomic mass is 10.3. The van der Waals surface area contributed by atoms with Crippen molar-refractivity contribution in [1.29, 1.82) is 0 Å². The number of nitrogen functional groups attached to an aromatic ring is 1. The summed E-state index contributed by atoms with van der Waals surface area (Å²) < 4.78 is 9.88. The minimum Gasteiger partial charge on any atom is -0.469 e. The Labute approximate surface area is 95.5 Å². The van der Waals surface area contributed by atoms with Gasteiger partial charge in [0.1, 0.15) is 6.61 Å². The van der Waals surface area contributed by atoms with Gasteiger partial charge in [-0.15, -0.1) is 0 Å². The molecule has 3 N–H and O–H groups in total. The fourth-order valence-electron chi connectivity index (χ4n) is 1.29. The number of aliphatic imine (C=N–C) groups is 1. The van der Waals surface area contributed by atoms with Gasteiger partial charge in [-0.1, -0.05) is 0 Å². The second kappa shape index (κ2) is 4.24. The number of aromatic nitrogens is 2. The van der Waals surface area contributed by atoms with E-state index in [1.807, 2.05) is 0 Å². The predicted octanol–water partition coefficient (Wildman–Crippen LogP) is -0.620. The van der Waals surface area contributed by atoms with Gasteiger partial charge < -0.3 is 15.2 Å². The van der Waals surface area contributed by atoms with E-state index in [1.165, 1.54) is 0 Å². The van der Waals surface area contributed by atoms with E-state index in [1.54, 1.807) is 6.92 Å². The highest BCUT2D eigenvalue weighted by Crippen LogP contribution is 2.24. The second-order valence-electron chi connectivity index (χ2n) is 3.17. The fraction of sp³-hybridized carbons (Fsp3) is 0.333. The number of aromatic amines is 1. The quantitative estimate of drug-likeness (QED) is 0.662. The number of H-pyrrole nitrogens is 1. The molecule has 0 saturated carbocycles. The fourth-order valence-corrected chi connectivity index (χ4v) is 1.29. The molecule has 0 aliphatic carbocycles. The first-order chi connectivity index (χ1) is 8.11. The van der Waals surface area contributed by atoms with Crippen molar-refractivity contribution in [2.45, 2.75) is 6.92 Å². The first-order valence-corrected chi connectivity index (χ1v) is 4.89. The van der Waals surface area contributed by atoms with Gasteiger partial charge in [0.25, 0.3) is 5.56 Å². The molecule has 8 heteroatoms. The van der Waals surface area contributed by atoms with Crippen LogP contribution in [0.4, 0.5) is 11.6 Å². The van der Waals surface area contributed by atoms with Crippen LogP contribution >= 0.6 is 0 Å². The van der Waals surface area contributed by atoms with Crippen LogP contribution in [0, 0.1) is 0 Å². The van der Waals surface area contributed by atoms with Crippen molar-refractivity contribution in [2.24, 2.45) is 4.99 Å². The van der Waals surface area contributed by atoms with Crippen LogP contribution in [0.2, 0.25) is 0 Å². The number of hydrogen-bond donors (Lipinski definition) is 2. The predicted molar refractivity (Wildman–Crippen MR) is 58.5 cm³/mol. The summed E-state index contributed by atoms with van der Waals surface area (Å²) in [4.78, 5) is 32.8. The van der Waals surface area contributed by atoms with Gasteiger partial charge in [0, 0.05) is 0 Å². The molecule has 1 aromatic heterocycles. The molecule has 8 nitrogen and oxygen atoms in total. The zero-order valence-electron chi connectivity index (χ0n) is 9.02. The van der Waals surface area contributed by atoms with Crippen molar-refractivity contribution in [3.63, 3.8) is 0 Å². The van der Waals surface area contributed by atoms with Crippen LogP contribution in [0.1, 0.15) is 6.92 Å². The maximum Gasteiger partial charge on any atom is 0.356 e. The Balaban J connectivity index is 2.41. The number of hydrogen-bond acceptors (Lipinski definition) is 7.